The number of aryl methyl sites for hydroxylation is 1. The van der Waals surface area contributed by atoms with Gasteiger partial charge in [0.25, 0.3) is 5.91 Å². The second-order valence-electron chi connectivity index (χ2n) is 6.21. The number of rotatable bonds is 6. The summed E-state index contributed by atoms with van der Waals surface area (Å²) in [5.74, 6) is -1.25. The summed E-state index contributed by atoms with van der Waals surface area (Å²) in [5.41, 5.74) is 3.48. The molecule has 2 rings (SSSR count). The molecular formula is C20H21BrN2O5. The molecule has 0 saturated heterocycles. The molecule has 0 aliphatic heterocycles. The van der Waals surface area contributed by atoms with Gasteiger partial charge >= 0.3 is 6.09 Å². The second-order valence-corrected chi connectivity index (χ2v) is 7.13. The summed E-state index contributed by atoms with van der Waals surface area (Å²) in [7, 11) is 0. The van der Waals surface area contributed by atoms with E-state index in [4.69, 9.17) is 9.94 Å². The molecule has 0 aromatic heterocycles. The number of nitrogens with one attached hydrogen (secondary N) is 2. The maximum atomic E-state index is 12.4. The van der Waals surface area contributed by atoms with Gasteiger partial charge in [0.2, 0.25) is 0 Å². The molecule has 0 heterocycles. The minimum absolute atomic E-state index is 0.0526. The number of hydrogen-bond acceptors (Lipinski definition) is 5. The normalized spacial score (nSPS) is 13.0. The lowest BCUT2D eigenvalue weighted by atomic mass is 9.96. The van der Waals surface area contributed by atoms with Gasteiger partial charge in [0.1, 0.15) is 11.9 Å². The monoisotopic (exact) mass is 448 g/mol. The number of carbonyl (C=O) groups excluding carboxylic acids is 2. The van der Waals surface area contributed by atoms with Gasteiger partial charge in [-0.2, -0.15) is 0 Å². The van der Waals surface area contributed by atoms with Crippen LogP contribution in [0.5, 0.6) is 5.75 Å². The van der Waals surface area contributed by atoms with Gasteiger partial charge in [-0.1, -0.05) is 46.6 Å². The summed E-state index contributed by atoms with van der Waals surface area (Å²) >= 11 is 3.33. The maximum absolute atomic E-state index is 12.4. The number of phenols is 1. The molecule has 0 fully saturated rings. The van der Waals surface area contributed by atoms with Crippen LogP contribution in [0.25, 0.3) is 0 Å². The summed E-state index contributed by atoms with van der Waals surface area (Å²) < 4.78 is 6.25. The van der Waals surface area contributed by atoms with Gasteiger partial charge in [-0.15, -0.1) is 0 Å². The Kier molecular flexibility index (Phi) is 7.60. The summed E-state index contributed by atoms with van der Waals surface area (Å²) in [5, 5.41) is 21.5. The Morgan fingerprint density at radius 2 is 1.86 bits per heavy atom. The first kappa shape index (κ1) is 21.5. The fraction of sp³-hybridized carbons (Fsp3) is 0.200. The van der Waals surface area contributed by atoms with Crippen molar-refractivity contribution in [2.45, 2.75) is 20.0 Å². The predicted molar refractivity (Wildman–Crippen MR) is 108 cm³/mol. The number of ether oxygens (including phenoxy) is 1. The van der Waals surface area contributed by atoms with E-state index in [0.29, 0.717) is 15.7 Å². The van der Waals surface area contributed by atoms with E-state index in [-0.39, 0.29) is 5.75 Å². The van der Waals surface area contributed by atoms with Crippen LogP contribution < -0.4 is 10.8 Å². The molecule has 7 nitrogen and oxygen atoms in total. The third kappa shape index (κ3) is 6.11. The number of benzene rings is 2. The lowest BCUT2D eigenvalue weighted by Gasteiger charge is -2.23. The number of carbonyl (C=O) groups is 2. The van der Waals surface area contributed by atoms with Crippen LogP contribution in [0.2, 0.25) is 0 Å². The minimum atomic E-state index is -0.884. The molecule has 2 atom stereocenters. The molecule has 0 saturated carbocycles. The molecule has 28 heavy (non-hydrogen) atoms. The van der Waals surface area contributed by atoms with Crippen LogP contribution in [0.3, 0.4) is 0 Å². The smallest absolute Gasteiger partial charge is 0.412 e. The number of halogens is 1. The summed E-state index contributed by atoms with van der Waals surface area (Å²) in [6.45, 7) is 3.65. The molecule has 8 heteroatoms. The highest BCUT2D eigenvalue weighted by molar-refractivity contribution is 9.10. The Balaban J connectivity index is 2.25. The number of phenolic OH excluding ortho intramolecular Hbond substituents is 1. The fourth-order valence-electron chi connectivity index (χ4n) is 2.48. The Morgan fingerprint density at radius 1 is 1.18 bits per heavy atom. The zero-order valence-electron chi connectivity index (χ0n) is 15.3. The number of amides is 2. The highest BCUT2D eigenvalue weighted by atomic mass is 79.9. The van der Waals surface area contributed by atoms with Crippen LogP contribution in [0, 0.1) is 12.8 Å². The Morgan fingerprint density at radius 3 is 2.50 bits per heavy atom. The molecule has 0 bridgehead atoms. The largest absolute Gasteiger partial charge is 0.508 e. The number of hydrogen-bond donors (Lipinski definition) is 4. The van der Waals surface area contributed by atoms with Crippen molar-refractivity contribution in [3.63, 3.8) is 0 Å². The van der Waals surface area contributed by atoms with Gasteiger partial charge in [-0.25, -0.2) is 10.3 Å². The lowest BCUT2D eigenvalue weighted by molar-refractivity contribution is -0.124. The molecule has 4 N–H and O–H groups in total. The molecule has 2 amide bonds. The molecule has 0 unspecified atom stereocenters. The van der Waals surface area contributed by atoms with E-state index in [9.17, 15) is 14.7 Å². The molecule has 2 aromatic rings. The van der Waals surface area contributed by atoms with Gasteiger partial charge in [0, 0.05) is 27.7 Å². The number of aromatic hydroxyl groups is 1. The maximum Gasteiger partial charge on any atom is 0.412 e. The third-order valence-electron chi connectivity index (χ3n) is 3.97. The second kappa shape index (κ2) is 9.91. The zero-order valence-corrected chi connectivity index (χ0v) is 16.9. The van der Waals surface area contributed by atoms with Gasteiger partial charge in [-0.3, -0.25) is 15.3 Å². The van der Waals surface area contributed by atoms with Crippen LogP contribution in [0.1, 0.15) is 24.2 Å². The van der Waals surface area contributed by atoms with Gasteiger partial charge in [0.15, 0.2) is 0 Å². The standard InChI is InChI=1S/C20H21BrN2O5/c1-12-3-7-15(8-4-12)22-20(26)28-19(13(2)5-10-18(25)23-27)16-11-14(21)6-9-17(16)24/h3-11,13,19,24,27H,1-2H3,(H,22,26)(H,23,25)/b10-5+/t13-,19-/m1/s1. The van der Waals surface area contributed by atoms with Gasteiger partial charge < -0.3 is 9.84 Å². The van der Waals surface area contributed by atoms with E-state index in [1.807, 2.05) is 19.1 Å². The van der Waals surface area contributed by atoms with E-state index in [1.54, 1.807) is 31.2 Å². The topological polar surface area (TPSA) is 108 Å². The zero-order chi connectivity index (χ0) is 20.7. The molecule has 148 valence electrons. The summed E-state index contributed by atoms with van der Waals surface area (Å²) in [6, 6.07) is 12.0. The first-order valence-corrected chi connectivity index (χ1v) is 9.24. The van der Waals surface area contributed by atoms with Crippen molar-refractivity contribution < 1.29 is 24.6 Å². The predicted octanol–water partition coefficient (Wildman–Crippen LogP) is 4.45. The minimum Gasteiger partial charge on any atom is -0.508 e. The van der Waals surface area contributed by atoms with Crippen molar-refractivity contribution >= 4 is 33.6 Å². The quantitative estimate of drug-likeness (QED) is 0.296. The third-order valence-corrected chi connectivity index (χ3v) is 4.46. The first-order chi connectivity index (χ1) is 13.3. The van der Waals surface area contributed by atoms with Crippen LogP contribution in [-0.4, -0.2) is 22.3 Å². The van der Waals surface area contributed by atoms with Crippen molar-refractivity contribution in [2.75, 3.05) is 5.32 Å². The average molecular weight is 449 g/mol. The first-order valence-electron chi connectivity index (χ1n) is 8.45. The molecule has 0 radical (unpaired) electrons. The molecule has 0 aliphatic rings. The van der Waals surface area contributed by atoms with Crippen molar-refractivity contribution in [1.29, 1.82) is 0 Å². The van der Waals surface area contributed by atoms with Crippen molar-refractivity contribution in [1.82, 2.24) is 5.48 Å². The highest BCUT2D eigenvalue weighted by Crippen LogP contribution is 2.35. The van der Waals surface area contributed by atoms with Gasteiger partial charge in [-0.05, 0) is 37.3 Å². The van der Waals surface area contributed by atoms with Crippen LogP contribution in [0.4, 0.5) is 10.5 Å². The van der Waals surface area contributed by atoms with Crippen molar-refractivity contribution in [3.05, 3.63) is 70.2 Å². The Labute approximate surface area is 171 Å². The molecule has 0 spiro atoms. The molecule has 2 aromatic carbocycles. The van der Waals surface area contributed by atoms with Crippen molar-refractivity contribution in [2.24, 2.45) is 5.92 Å². The SMILES string of the molecule is Cc1ccc(NC(=O)O[C@@H](c2cc(Br)ccc2O)[C@H](C)/C=C/C(=O)NO)cc1. The van der Waals surface area contributed by atoms with Gasteiger partial charge in [0.05, 0.1) is 0 Å². The van der Waals surface area contributed by atoms with E-state index in [2.05, 4.69) is 21.2 Å². The molecular weight excluding hydrogens is 428 g/mol. The summed E-state index contributed by atoms with van der Waals surface area (Å²) in [4.78, 5) is 23.7. The Bertz CT molecular complexity index is 867. The Hall–Kier alpha value is -2.84. The van der Waals surface area contributed by atoms with E-state index >= 15 is 0 Å². The average Bonchev–Trinajstić information content (AvgIpc) is 2.67. The summed E-state index contributed by atoms with van der Waals surface area (Å²) in [6.07, 6.45) is 0.995. The number of hydroxylamine groups is 1. The van der Waals surface area contributed by atoms with E-state index in [0.717, 1.165) is 11.6 Å². The van der Waals surface area contributed by atoms with Crippen molar-refractivity contribution in [3.8, 4) is 5.75 Å². The van der Waals surface area contributed by atoms with Crippen LogP contribution in [0.15, 0.2) is 59.1 Å². The number of anilines is 1. The van der Waals surface area contributed by atoms with E-state index in [1.165, 1.54) is 17.6 Å². The van der Waals surface area contributed by atoms with E-state index < -0.39 is 24.0 Å². The lowest BCUT2D eigenvalue weighted by Crippen LogP contribution is -2.22. The molecule has 0 aliphatic carbocycles. The fourth-order valence-corrected chi connectivity index (χ4v) is 2.86. The highest BCUT2D eigenvalue weighted by Gasteiger charge is 2.25. The van der Waals surface area contributed by atoms with Crippen LogP contribution in [-0.2, 0) is 9.53 Å². The van der Waals surface area contributed by atoms with Crippen LogP contribution >= 0.6 is 15.9 Å².